The Morgan fingerprint density at radius 2 is 1.84 bits per heavy atom. The summed E-state index contributed by atoms with van der Waals surface area (Å²) in [7, 11) is 0. The number of likely N-dealkylation sites (tertiary alicyclic amines) is 1. The lowest BCUT2D eigenvalue weighted by Crippen LogP contribution is -2.38. The standard InChI is InChI=1S/C25H31FN2O3/c1-16-9-12-28(20-4-6-21(29)7-5-20)25(31)23(16)24(30)27-11-10-19(15-27)14-18-3-8-22(26)17(2)13-18/h3,8-9,12-13,19-21,29H,4-7,10-11,14-15H2,1-2H3. The van der Waals surface area contributed by atoms with E-state index >= 15 is 0 Å². The molecule has 1 aliphatic heterocycles. The third kappa shape index (κ3) is 4.59. The van der Waals surface area contributed by atoms with E-state index in [4.69, 9.17) is 0 Å². The Morgan fingerprint density at radius 1 is 1.10 bits per heavy atom. The van der Waals surface area contributed by atoms with Crippen LogP contribution in [0.5, 0.6) is 0 Å². The highest BCUT2D eigenvalue weighted by Gasteiger charge is 2.31. The second-order valence-corrected chi connectivity index (χ2v) is 9.24. The van der Waals surface area contributed by atoms with Crippen molar-refractivity contribution in [3.63, 3.8) is 0 Å². The van der Waals surface area contributed by atoms with Crippen molar-refractivity contribution in [2.75, 3.05) is 13.1 Å². The number of aliphatic hydroxyl groups is 1. The number of aliphatic hydroxyl groups excluding tert-OH is 1. The van der Waals surface area contributed by atoms with E-state index < -0.39 is 0 Å². The van der Waals surface area contributed by atoms with Crippen molar-refractivity contribution < 1.29 is 14.3 Å². The average Bonchev–Trinajstić information content (AvgIpc) is 3.20. The van der Waals surface area contributed by atoms with E-state index in [1.165, 1.54) is 6.07 Å². The molecule has 1 saturated carbocycles. The Balaban J connectivity index is 1.48. The molecule has 31 heavy (non-hydrogen) atoms. The molecule has 2 aliphatic rings. The van der Waals surface area contributed by atoms with Gasteiger partial charge in [-0.3, -0.25) is 9.59 Å². The summed E-state index contributed by atoms with van der Waals surface area (Å²) in [5, 5.41) is 9.77. The first-order valence-corrected chi connectivity index (χ1v) is 11.3. The van der Waals surface area contributed by atoms with Crippen molar-refractivity contribution in [3.05, 3.63) is 68.9 Å². The lowest BCUT2D eigenvalue weighted by molar-refractivity contribution is 0.0781. The number of nitrogens with zero attached hydrogens (tertiary/aromatic N) is 2. The van der Waals surface area contributed by atoms with Crippen LogP contribution in [-0.4, -0.2) is 39.7 Å². The van der Waals surface area contributed by atoms with Crippen molar-refractivity contribution in [3.8, 4) is 0 Å². The summed E-state index contributed by atoms with van der Waals surface area (Å²) in [6, 6.07) is 7.09. The fraction of sp³-hybridized carbons (Fsp3) is 0.520. The molecule has 2 heterocycles. The molecule has 1 aliphatic carbocycles. The summed E-state index contributed by atoms with van der Waals surface area (Å²) in [6.45, 7) is 4.82. The number of aromatic nitrogens is 1. The number of aryl methyl sites for hydroxylation is 2. The van der Waals surface area contributed by atoms with E-state index in [1.54, 1.807) is 22.6 Å². The van der Waals surface area contributed by atoms with Gasteiger partial charge in [0.1, 0.15) is 11.4 Å². The predicted octanol–water partition coefficient (Wildman–Crippen LogP) is 3.79. The quantitative estimate of drug-likeness (QED) is 0.809. The van der Waals surface area contributed by atoms with Crippen LogP contribution in [0.15, 0.2) is 35.3 Å². The summed E-state index contributed by atoms with van der Waals surface area (Å²) in [5.74, 6) is -0.0827. The monoisotopic (exact) mass is 426 g/mol. The Labute approximate surface area is 182 Å². The lowest BCUT2D eigenvalue weighted by Gasteiger charge is -2.28. The van der Waals surface area contributed by atoms with Crippen LogP contribution in [0.3, 0.4) is 0 Å². The summed E-state index contributed by atoms with van der Waals surface area (Å²) >= 11 is 0. The molecule has 1 N–H and O–H groups in total. The number of carbonyl (C=O) groups is 1. The van der Waals surface area contributed by atoms with Crippen LogP contribution >= 0.6 is 0 Å². The number of benzene rings is 1. The van der Waals surface area contributed by atoms with Gasteiger partial charge in [-0.2, -0.15) is 0 Å². The van der Waals surface area contributed by atoms with Gasteiger partial charge in [-0.15, -0.1) is 0 Å². The number of amides is 1. The van der Waals surface area contributed by atoms with E-state index in [2.05, 4.69) is 0 Å². The SMILES string of the molecule is Cc1cc(CC2CCN(C(=O)c3c(C)ccn(C4CCC(O)CC4)c3=O)C2)ccc1F. The fourth-order valence-electron chi connectivity index (χ4n) is 5.03. The molecule has 1 atom stereocenters. The van der Waals surface area contributed by atoms with Gasteiger partial charge in [-0.05, 0) is 87.1 Å². The molecule has 1 saturated heterocycles. The molecule has 0 spiro atoms. The molecule has 1 aromatic heterocycles. The fourth-order valence-corrected chi connectivity index (χ4v) is 5.03. The zero-order valence-electron chi connectivity index (χ0n) is 18.3. The molecular weight excluding hydrogens is 395 g/mol. The molecule has 2 fully saturated rings. The second-order valence-electron chi connectivity index (χ2n) is 9.24. The molecule has 166 valence electrons. The topological polar surface area (TPSA) is 62.5 Å². The third-order valence-electron chi connectivity index (χ3n) is 6.92. The van der Waals surface area contributed by atoms with Gasteiger partial charge in [0.05, 0.1) is 6.10 Å². The Morgan fingerprint density at radius 3 is 2.55 bits per heavy atom. The number of carbonyl (C=O) groups excluding carboxylic acids is 1. The smallest absolute Gasteiger partial charge is 0.263 e. The van der Waals surface area contributed by atoms with Gasteiger partial charge >= 0.3 is 0 Å². The van der Waals surface area contributed by atoms with Gasteiger partial charge in [0, 0.05) is 25.3 Å². The Kier molecular flexibility index (Phi) is 6.28. The Hall–Kier alpha value is -2.47. The third-order valence-corrected chi connectivity index (χ3v) is 6.92. The zero-order chi connectivity index (χ0) is 22.1. The molecular formula is C25H31FN2O3. The molecule has 0 radical (unpaired) electrons. The zero-order valence-corrected chi connectivity index (χ0v) is 18.3. The molecule has 4 rings (SSSR count). The minimum atomic E-state index is -0.287. The van der Waals surface area contributed by atoms with Gasteiger partial charge < -0.3 is 14.6 Å². The first kappa shape index (κ1) is 21.8. The molecule has 5 nitrogen and oxygen atoms in total. The van der Waals surface area contributed by atoms with Crippen molar-refractivity contribution in [2.24, 2.45) is 5.92 Å². The van der Waals surface area contributed by atoms with E-state index in [9.17, 15) is 19.1 Å². The minimum absolute atomic E-state index is 0.0380. The highest BCUT2D eigenvalue weighted by Crippen LogP contribution is 2.28. The largest absolute Gasteiger partial charge is 0.393 e. The maximum Gasteiger partial charge on any atom is 0.263 e. The van der Waals surface area contributed by atoms with Crippen LogP contribution in [0, 0.1) is 25.6 Å². The number of rotatable bonds is 4. The normalized spacial score (nSPS) is 23.9. The molecule has 1 aromatic carbocycles. The van der Waals surface area contributed by atoms with Crippen molar-refractivity contribution in [1.29, 1.82) is 0 Å². The van der Waals surface area contributed by atoms with Crippen molar-refractivity contribution in [1.82, 2.24) is 9.47 Å². The number of pyridine rings is 1. The van der Waals surface area contributed by atoms with Crippen LogP contribution in [0.25, 0.3) is 0 Å². The second kappa shape index (κ2) is 8.95. The molecule has 1 amide bonds. The van der Waals surface area contributed by atoms with E-state index in [1.807, 2.05) is 25.1 Å². The van der Waals surface area contributed by atoms with Gasteiger partial charge in [-0.25, -0.2) is 4.39 Å². The lowest BCUT2D eigenvalue weighted by atomic mass is 9.92. The van der Waals surface area contributed by atoms with E-state index in [-0.39, 0.29) is 35.0 Å². The number of halogens is 1. The minimum Gasteiger partial charge on any atom is -0.393 e. The Bertz CT molecular complexity index is 1020. The van der Waals surface area contributed by atoms with Crippen LogP contribution in [0.2, 0.25) is 0 Å². The van der Waals surface area contributed by atoms with Crippen LogP contribution in [-0.2, 0) is 6.42 Å². The average molecular weight is 427 g/mol. The van der Waals surface area contributed by atoms with Crippen LogP contribution < -0.4 is 5.56 Å². The van der Waals surface area contributed by atoms with E-state index in [0.29, 0.717) is 43.0 Å². The maximum atomic E-state index is 13.5. The molecule has 1 unspecified atom stereocenters. The first-order chi connectivity index (χ1) is 14.8. The first-order valence-electron chi connectivity index (χ1n) is 11.3. The number of hydrogen-bond donors (Lipinski definition) is 1. The molecule has 6 heteroatoms. The van der Waals surface area contributed by atoms with Gasteiger partial charge in [0.2, 0.25) is 0 Å². The predicted molar refractivity (Wildman–Crippen MR) is 118 cm³/mol. The van der Waals surface area contributed by atoms with Crippen LogP contribution in [0.1, 0.15) is 65.2 Å². The summed E-state index contributed by atoms with van der Waals surface area (Å²) < 4.78 is 15.2. The molecule has 2 aromatic rings. The summed E-state index contributed by atoms with van der Waals surface area (Å²) in [5.41, 5.74) is 2.48. The van der Waals surface area contributed by atoms with Crippen molar-refractivity contribution in [2.45, 2.75) is 64.5 Å². The molecule has 0 bridgehead atoms. The maximum absolute atomic E-state index is 13.5. The van der Waals surface area contributed by atoms with Gasteiger partial charge in [0.15, 0.2) is 0 Å². The highest BCUT2D eigenvalue weighted by molar-refractivity contribution is 5.95. The summed E-state index contributed by atoms with van der Waals surface area (Å²) in [4.78, 5) is 28.3. The van der Waals surface area contributed by atoms with E-state index in [0.717, 1.165) is 31.2 Å². The van der Waals surface area contributed by atoms with Gasteiger partial charge in [0.25, 0.3) is 11.5 Å². The summed E-state index contributed by atoms with van der Waals surface area (Å²) in [6.07, 6.45) is 6.05. The highest BCUT2D eigenvalue weighted by atomic mass is 19.1. The van der Waals surface area contributed by atoms with Gasteiger partial charge in [-0.1, -0.05) is 12.1 Å². The number of hydrogen-bond acceptors (Lipinski definition) is 3. The van der Waals surface area contributed by atoms with Crippen molar-refractivity contribution >= 4 is 5.91 Å². The van der Waals surface area contributed by atoms with Crippen LogP contribution in [0.4, 0.5) is 4.39 Å².